The van der Waals surface area contributed by atoms with Crippen molar-refractivity contribution in [3.63, 3.8) is 0 Å². The van der Waals surface area contributed by atoms with Gasteiger partial charge in [0.1, 0.15) is 11.4 Å². The molecule has 8 nitrogen and oxygen atoms in total. The van der Waals surface area contributed by atoms with Gasteiger partial charge in [-0.2, -0.15) is 0 Å². The number of carbonyl (C=O) groups is 1. The summed E-state index contributed by atoms with van der Waals surface area (Å²) in [5.41, 5.74) is 1.53. The van der Waals surface area contributed by atoms with Gasteiger partial charge >= 0.3 is 0 Å². The van der Waals surface area contributed by atoms with Crippen molar-refractivity contribution in [1.82, 2.24) is 14.9 Å². The van der Waals surface area contributed by atoms with Crippen LogP contribution in [0, 0.1) is 6.92 Å². The van der Waals surface area contributed by atoms with Crippen LogP contribution in [0.4, 0.5) is 5.13 Å². The average Bonchev–Trinajstić information content (AvgIpc) is 3.16. The lowest BCUT2D eigenvalue weighted by Crippen LogP contribution is -2.41. The number of hydrogen-bond acceptors (Lipinski definition) is 7. The van der Waals surface area contributed by atoms with E-state index < -0.39 is 21.7 Å². The van der Waals surface area contributed by atoms with Crippen molar-refractivity contribution < 1.29 is 17.9 Å². The highest BCUT2D eigenvalue weighted by molar-refractivity contribution is 7.91. The summed E-state index contributed by atoms with van der Waals surface area (Å²) in [4.78, 5) is 12.5. The van der Waals surface area contributed by atoms with E-state index in [0.29, 0.717) is 17.7 Å². The Morgan fingerprint density at radius 3 is 2.61 bits per heavy atom. The van der Waals surface area contributed by atoms with Crippen LogP contribution in [0.3, 0.4) is 0 Å². The molecule has 0 saturated heterocycles. The van der Waals surface area contributed by atoms with Crippen LogP contribution in [0.25, 0.3) is 0 Å². The highest BCUT2D eigenvalue weighted by Crippen LogP contribution is 2.40. The number of fused-ring (bicyclic) bond motifs is 1. The molecule has 2 heterocycles. The summed E-state index contributed by atoms with van der Waals surface area (Å²) in [6, 6.07) is 14.0. The molecule has 162 valence electrons. The monoisotopic (exact) mass is 458 g/mol. The average molecular weight is 459 g/mol. The molecule has 0 radical (unpaired) electrons. The third kappa shape index (κ3) is 4.60. The number of sulfonamides is 1. The fourth-order valence-corrected chi connectivity index (χ4v) is 5.63. The van der Waals surface area contributed by atoms with Gasteiger partial charge in [0.15, 0.2) is 0 Å². The van der Waals surface area contributed by atoms with Gasteiger partial charge in [-0.3, -0.25) is 10.1 Å². The number of benzene rings is 2. The summed E-state index contributed by atoms with van der Waals surface area (Å²) in [6.07, 6.45) is 0.457. The lowest BCUT2D eigenvalue weighted by Gasteiger charge is -2.37. The highest BCUT2D eigenvalue weighted by Gasteiger charge is 2.36. The number of para-hydroxylation sites is 1. The van der Waals surface area contributed by atoms with Crippen LogP contribution < -0.4 is 14.8 Å². The van der Waals surface area contributed by atoms with Gasteiger partial charge in [0.2, 0.25) is 9.47 Å². The highest BCUT2D eigenvalue weighted by atomic mass is 32.2. The zero-order valence-corrected chi connectivity index (χ0v) is 18.9. The molecule has 1 aromatic heterocycles. The Kier molecular flexibility index (Phi) is 5.54. The standard InChI is InChI=1S/C21H22N4O4S2/c1-13-8-4-5-9-14(13)18(26)22-19-23-24-20(30-19)31(27,28)25-16-12-21(2,3)29-17-11-7-6-10-15(16)17/h4-11,16,25H,12H2,1-3H3,(H,22,23,26). The Morgan fingerprint density at radius 2 is 1.84 bits per heavy atom. The largest absolute Gasteiger partial charge is 0.487 e. The van der Waals surface area contributed by atoms with Gasteiger partial charge < -0.3 is 4.74 Å². The number of aryl methyl sites for hydroxylation is 1. The zero-order valence-electron chi connectivity index (χ0n) is 17.2. The molecule has 1 aliphatic rings. The van der Waals surface area contributed by atoms with Crippen molar-refractivity contribution in [3.05, 3.63) is 65.2 Å². The third-order valence-corrected chi connectivity index (χ3v) is 7.60. The normalized spacial score (nSPS) is 17.5. The molecular weight excluding hydrogens is 436 g/mol. The first kappa shape index (κ1) is 21.4. The third-order valence-electron chi connectivity index (χ3n) is 4.92. The molecular formula is C21H22N4O4S2. The summed E-state index contributed by atoms with van der Waals surface area (Å²) >= 11 is 0.803. The first-order valence-electron chi connectivity index (χ1n) is 9.65. The smallest absolute Gasteiger partial charge is 0.270 e. The lowest BCUT2D eigenvalue weighted by atomic mass is 9.90. The van der Waals surface area contributed by atoms with Crippen LogP contribution in [0.1, 0.15) is 47.8 Å². The Morgan fingerprint density at radius 1 is 1.13 bits per heavy atom. The van der Waals surface area contributed by atoms with Crippen molar-refractivity contribution in [1.29, 1.82) is 0 Å². The Balaban J connectivity index is 1.54. The van der Waals surface area contributed by atoms with E-state index in [0.717, 1.165) is 22.5 Å². The molecule has 0 fully saturated rings. The molecule has 0 saturated carbocycles. The summed E-state index contributed by atoms with van der Waals surface area (Å²) in [5, 5.41) is 10.4. The van der Waals surface area contributed by atoms with Gasteiger partial charge in [0.05, 0.1) is 6.04 Å². The van der Waals surface area contributed by atoms with E-state index >= 15 is 0 Å². The summed E-state index contributed by atoms with van der Waals surface area (Å²) in [6.45, 7) is 5.64. The van der Waals surface area contributed by atoms with E-state index in [1.807, 2.05) is 57.2 Å². The predicted octanol–water partition coefficient (Wildman–Crippen LogP) is 3.68. The van der Waals surface area contributed by atoms with Crippen LogP contribution in [-0.2, 0) is 10.0 Å². The second-order valence-electron chi connectivity index (χ2n) is 7.92. The number of rotatable bonds is 5. The maximum atomic E-state index is 13.0. The minimum atomic E-state index is -3.95. The maximum absolute atomic E-state index is 13.0. The molecule has 0 bridgehead atoms. The van der Waals surface area contributed by atoms with Gasteiger partial charge in [-0.05, 0) is 38.5 Å². The van der Waals surface area contributed by atoms with Crippen LogP contribution in [-0.4, -0.2) is 30.1 Å². The second kappa shape index (κ2) is 8.03. The first-order chi connectivity index (χ1) is 14.6. The number of hydrogen-bond donors (Lipinski definition) is 2. The van der Waals surface area contributed by atoms with Gasteiger partial charge in [0, 0.05) is 17.5 Å². The van der Waals surface area contributed by atoms with Crippen LogP contribution in [0.5, 0.6) is 5.75 Å². The number of aromatic nitrogens is 2. The van der Waals surface area contributed by atoms with Gasteiger partial charge in [0.25, 0.3) is 15.9 Å². The lowest BCUT2D eigenvalue weighted by molar-refractivity contribution is 0.0702. The number of ether oxygens (including phenoxy) is 1. The quantitative estimate of drug-likeness (QED) is 0.565. The minimum absolute atomic E-state index is 0.112. The summed E-state index contributed by atoms with van der Waals surface area (Å²) < 4.78 is 34.4. The van der Waals surface area contributed by atoms with E-state index in [9.17, 15) is 13.2 Å². The topological polar surface area (TPSA) is 110 Å². The number of anilines is 1. The van der Waals surface area contributed by atoms with E-state index in [1.54, 1.807) is 12.1 Å². The van der Waals surface area contributed by atoms with Gasteiger partial charge in [-0.25, -0.2) is 13.1 Å². The predicted molar refractivity (Wildman–Crippen MR) is 118 cm³/mol. The molecule has 4 rings (SSSR count). The zero-order chi connectivity index (χ0) is 22.2. The first-order valence-corrected chi connectivity index (χ1v) is 12.0. The van der Waals surface area contributed by atoms with E-state index in [4.69, 9.17) is 4.74 Å². The molecule has 31 heavy (non-hydrogen) atoms. The molecule has 1 amide bonds. The molecule has 1 unspecified atom stereocenters. The van der Waals surface area contributed by atoms with E-state index in [1.165, 1.54) is 0 Å². The van der Waals surface area contributed by atoms with Crippen molar-refractivity contribution in [2.45, 2.75) is 43.2 Å². The molecule has 10 heteroatoms. The summed E-state index contributed by atoms with van der Waals surface area (Å²) in [7, 11) is -3.95. The molecule has 1 atom stereocenters. The van der Waals surface area contributed by atoms with Crippen molar-refractivity contribution in [2.75, 3.05) is 5.32 Å². The molecule has 1 aliphatic heterocycles. The maximum Gasteiger partial charge on any atom is 0.270 e. The molecule has 2 aromatic carbocycles. The number of nitrogens with one attached hydrogen (secondary N) is 2. The fraction of sp³-hybridized carbons (Fsp3) is 0.286. The Hall–Kier alpha value is -2.82. The number of nitrogens with zero attached hydrogens (tertiary/aromatic N) is 2. The number of carbonyl (C=O) groups excluding carboxylic acids is 1. The SMILES string of the molecule is Cc1ccccc1C(=O)Nc1nnc(S(=O)(=O)NC2CC(C)(C)Oc3ccccc32)s1. The summed E-state index contributed by atoms with van der Waals surface area (Å²) in [5.74, 6) is 0.279. The molecule has 2 N–H and O–H groups in total. The van der Waals surface area contributed by atoms with E-state index in [-0.39, 0.29) is 15.4 Å². The second-order valence-corrected chi connectivity index (χ2v) is 10.8. The van der Waals surface area contributed by atoms with Crippen molar-refractivity contribution in [2.24, 2.45) is 0 Å². The molecule has 3 aromatic rings. The van der Waals surface area contributed by atoms with Gasteiger partial charge in [-0.1, -0.05) is 47.7 Å². The fourth-order valence-electron chi connectivity index (χ4n) is 3.51. The van der Waals surface area contributed by atoms with Crippen molar-refractivity contribution in [3.8, 4) is 5.75 Å². The minimum Gasteiger partial charge on any atom is -0.487 e. The van der Waals surface area contributed by atoms with Crippen LogP contribution >= 0.6 is 11.3 Å². The molecule has 0 spiro atoms. The Bertz CT molecular complexity index is 1240. The molecule has 0 aliphatic carbocycles. The van der Waals surface area contributed by atoms with Crippen LogP contribution in [0.15, 0.2) is 52.9 Å². The van der Waals surface area contributed by atoms with Crippen molar-refractivity contribution >= 4 is 32.4 Å². The van der Waals surface area contributed by atoms with Crippen LogP contribution in [0.2, 0.25) is 0 Å². The van der Waals surface area contributed by atoms with E-state index in [2.05, 4.69) is 20.2 Å². The number of amides is 1. The van der Waals surface area contributed by atoms with Gasteiger partial charge in [-0.15, -0.1) is 10.2 Å². The Labute approximate surface area is 184 Å².